The number of amides is 1. The highest BCUT2D eigenvalue weighted by Crippen LogP contribution is 2.13. The maximum absolute atomic E-state index is 11.8. The molecule has 37 heavy (non-hydrogen) atoms. The Bertz CT molecular complexity index is 570. The molecule has 0 rings (SSSR count). The third-order valence-corrected chi connectivity index (χ3v) is 6.85. The van der Waals surface area contributed by atoms with Crippen molar-refractivity contribution in [1.82, 2.24) is 5.32 Å². The molecule has 0 aromatic heterocycles. The van der Waals surface area contributed by atoms with Gasteiger partial charge in [0.05, 0.1) is 18.8 Å². The molecule has 0 radical (unpaired) electrons. The van der Waals surface area contributed by atoms with Crippen LogP contribution in [0.1, 0.15) is 149 Å². The maximum atomic E-state index is 11.8. The van der Waals surface area contributed by atoms with Gasteiger partial charge >= 0.3 is 0 Å². The van der Waals surface area contributed by atoms with Gasteiger partial charge < -0.3 is 15.5 Å². The molecule has 0 aromatic rings. The largest absolute Gasteiger partial charge is 0.394 e. The lowest BCUT2D eigenvalue weighted by Gasteiger charge is -2.19. The summed E-state index contributed by atoms with van der Waals surface area (Å²) in [4.78, 5) is 11.8. The first-order valence-electron chi connectivity index (χ1n) is 15.7. The zero-order valence-corrected chi connectivity index (χ0v) is 24.5. The Morgan fingerprint density at radius 2 is 1.05 bits per heavy atom. The Balaban J connectivity index is 3.55. The minimum absolute atomic E-state index is 0.116. The number of carbonyl (C=O) groups excluding carboxylic acids is 1. The molecular formula is C33H61NO3. The van der Waals surface area contributed by atoms with Crippen LogP contribution in [-0.2, 0) is 4.79 Å². The zero-order chi connectivity index (χ0) is 27.2. The second kappa shape index (κ2) is 29.2. The summed E-state index contributed by atoms with van der Waals surface area (Å²) in [5, 5.41) is 22.3. The van der Waals surface area contributed by atoms with Crippen LogP contribution in [0, 0.1) is 0 Å². The number of nitrogens with one attached hydrogen (secondary N) is 1. The van der Waals surface area contributed by atoms with Crippen molar-refractivity contribution in [2.24, 2.45) is 0 Å². The van der Waals surface area contributed by atoms with Crippen LogP contribution >= 0.6 is 0 Å². The van der Waals surface area contributed by atoms with Crippen LogP contribution < -0.4 is 5.32 Å². The predicted molar refractivity (Wildman–Crippen MR) is 161 cm³/mol. The summed E-state index contributed by atoms with van der Waals surface area (Å²) < 4.78 is 0. The first-order valence-corrected chi connectivity index (χ1v) is 15.7. The second-order valence-electron chi connectivity index (χ2n) is 10.5. The van der Waals surface area contributed by atoms with Crippen molar-refractivity contribution in [2.75, 3.05) is 6.61 Å². The number of carbonyl (C=O) groups is 1. The topological polar surface area (TPSA) is 69.6 Å². The van der Waals surface area contributed by atoms with E-state index < -0.39 is 12.1 Å². The third kappa shape index (κ3) is 26.0. The Morgan fingerprint density at radius 1 is 0.622 bits per heavy atom. The SMILES string of the molecule is CCCCCCCCCCCCCCC/C=C/CC/C=C/CC/C=C/C(O)C(CO)NC(=O)CCCC. The predicted octanol–water partition coefficient (Wildman–Crippen LogP) is 8.72. The van der Waals surface area contributed by atoms with Crippen LogP contribution in [0.5, 0.6) is 0 Å². The van der Waals surface area contributed by atoms with Gasteiger partial charge in [-0.2, -0.15) is 0 Å². The van der Waals surface area contributed by atoms with Gasteiger partial charge in [-0.05, 0) is 44.9 Å². The van der Waals surface area contributed by atoms with Crippen molar-refractivity contribution in [1.29, 1.82) is 0 Å². The first kappa shape index (κ1) is 35.6. The minimum atomic E-state index is -0.861. The van der Waals surface area contributed by atoms with E-state index in [9.17, 15) is 15.0 Å². The molecular weight excluding hydrogens is 458 g/mol. The van der Waals surface area contributed by atoms with E-state index in [0.717, 1.165) is 38.5 Å². The van der Waals surface area contributed by atoms with Gasteiger partial charge in [0.1, 0.15) is 0 Å². The summed E-state index contributed by atoms with van der Waals surface area (Å²) in [7, 11) is 0. The van der Waals surface area contributed by atoms with Crippen molar-refractivity contribution >= 4 is 5.91 Å². The van der Waals surface area contributed by atoms with Crippen molar-refractivity contribution in [2.45, 2.75) is 161 Å². The quantitative estimate of drug-likeness (QED) is 0.0750. The summed E-state index contributed by atoms with van der Waals surface area (Å²) in [5.74, 6) is -0.116. The van der Waals surface area contributed by atoms with Crippen LogP contribution in [-0.4, -0.2) is 34.9 Å². The lowest BCUT2D eigenvalue weighted by Crippen LogP contribution is -2.45. The number of hydrogen-bond acceptors (Lipinski definition) is 3. The third-order valence-electron chi connectivity index (χ3n) is 6.85. The molecule has 0 fully saturated rings. The normalized spacial score (nSPS) is 13.7. The molecule has 216 valence electrons. The number of aliphatic hydroxyl groups is 2. The molecule has 0 spiro atoms. The molecule has 0 aliphatic heterocycles. The summed E-state index contributed by atoms with van der Waals surface area (Å²) in [6, 6.07) is -0.636. The Hall–Kier alpha value is -1.39. The molecule has 2 atom stereocenters. The van der Waals surface area contributed by atoms with Crippen LogP contribution in [0.25, 0.3) is 0 Å². The van der Waals surface area contributed by atoms with E-state index in [1.165, 1.54) is 89.9 Å². The maximum Gasteiger partial charge on any atom is 0.220 e. The minimum Gasteiger partial charge on any atom is -0.394 e. The van der Waals surface area contributed by atoms with Crippen LogP contribution in [0.2, 0.25) is 0 Å². The smallest absolute Gasteiger partial charge is 0.220 e. The fourth-order valence-corrected chi connectivity index (χ4v) is 4.36. The summed E-state index contributed by atoms with van der Waals surface area (Å²) in [6.07, 6.45) is 37.5. The molecule has 4 nitrogen and oxygen atoms in total. The monoisotopic (exact) mass is 519 g/mol. The lowest BCUT2D eigenvalue weighted by molar-refractivity contribution is -0.123. The molecule has 0 bridgehead atoms. The van der Waals surface area contributed by atoms with Crippen LogP contribution in [0.15, 0.2) is 36.5 Å². The van der Waals surface area contributed by atoms with Crippen molar-refractivity contribution in [3.63, 3.8) is 0 Å². The first-order chi connectivity index (χ1) is 18.2. The molecule has 0 saturated carbocycles. The Morgan fingerprint density at radius 3 is 1.54 bits per heavy atom. The van der Waals surface area contributed by atoms with E-state index >= 15 is 0 Å². The standard InChI is InChI=1S/C33H61NO3/c1-3-5-7-8-9-10-11-12-13-14-15-16-17-18-19-20-21-22-23-24-25-26-27-28-32(36)31(30-35)34-33(37)29-6-4-2/h19-20,23-24,27-28,31-32,35-36H,3-18,21-22,25-26,29-30H2,1-2H3,(H,34,37)/b20-19+,24-23+,28-27+. The van der Waals surface area contributed by atoms with Gasteiger partial charge in [-0.15, -0.1) is 0 Å². The summed E-state index contributed by atoms with van der Waals surface area (Å²) in [6.45, 7) is 4.04. The Kier molecular flexibility index (Phi) is 28.1. The van der Waals surface area contributed by atoms with Gasteiger partial charge in [-0.1, -0.05) is 134 Å². The molecule has 1 amide bonds. The average Bonchev–Trinajstić information content (AvgIpc) is 2.90. The molecule has 0 aliphatic carbocycles. The van der Waals surface area contributed by atoms with Crippen molar-refractivity contribution in [3.8, 4) is 0 Å². The zero-order valence-electron chi connectivity index (χ0n) is 24.5. The Labute approximate surface area is 230 Å². The van der Waals surface area contributed by atoms with Crippen molar-refractivity contribution < 1.29 is 15.0 Å². The molecule has 0 saturated heterocycles. The van der Waals surface area contributed by atoms with Crippen LogP contribution in [0.3, 0.4) is 0 Å². The van der Waals surface area contributed by atoms with Crippen LogP contribution in [0.4, 0.5) is 0 Å². The van der Waals surface area contributed by atoms with Crippen molar-refractivity contribution in [3.05, 3.63) is 36.5 Å². The van der Waals surface area contributed by atoms with Gasteiger partial charge in [-0.3, -0.25) is 4.79 Å². The van der Waals surface area contributed by atoms with Gasteiger partial charge in [0.2, 0.25) is 5.91 Å². The highest BCUT2D eigenvalue weighted by molar-refractivity contribution is 5.76. The number of rotatable bonds is 27. The molecule has 0 aliphatic rings. The number of aliphatic hydroxyl groups excluding tert-OH is 2. The van der Waals surface area contributed by atoms with E-state index in [0.29, 0.717) is 6.42 Å². The summed E-state index contributed by atoms with van der Waals surface area (Å²) in [5.41, 5.74) is 0. The highest BCUT2D eigenvalue weighted by atomic mass is 16.3. The molecule has 3 N–H and O–H groups in total. The molecule has 0 heterocycles. The molecule has 0 aromatic carbocycles. The van der Waals surface area contributed by atoms with E-state index in [4.69, 9.17) is 0 Å². The summed E-state index contributed by atoms with van der Waals surface area (Å²) >= 11 is 0. The van der Waals surface area contributed by atoms with E-state index in [1.54, 1.807) is 6.08 Å². The molecule has 2 unspecified atom stereocenters. The van der Waals surface area contributed by atoms with Gasteiger partial charge in [0, 0.05) is 6.42 Å². The number of unbranched alkanes of at least 4 members (excludes halogenated alkanes) is 16. The highest BCUT2D eigenvalue weighted by Gasteiger charge is 2.17. The van der Waals surface area contributed by atoms with E-state index in [2.05, 4.69) is 36.5 Å². The number of hydrogen-bond donors (Lipinski definition) is 3. The van der Waals surface area contributed by atoms with Gasteiger partial charge in [0.25, 0.3) is 0 Å². The average molecular weight is 520 g/mol. The van der Waals surface area contributed by atoms with Gasteiger partial charge in [-0.25, -0.2) is 0 Å². The van der Waals surface area contributed by atoms with Gasteiger partial charge in [0.15, 0.2) is 0 Å². The number of allylic oxidation sites excluding steroid dienone is 5. The van der Waals surface area contributed by atoms with E-state index in [-0.39, 0.29) is 12.5 Å². The molecule has 4 heteroatoms. The van der Waals surface area contributed by atoms with E-state index in [1.807, 2.05) is 13.0 Å². The fourth-order valence-electron chi connectivity index (χ4n) is 4.36. The lowest BCUT2D eigenvalue weighted by atomic mass is 10.0. The fraction of sp³-hybridized carbons (Fsp3) is 0.788. The second-order valence-corrected chi connectivity index (χ2v) is 10.5.